The van der Waals surface area contributed by atoms with E-state index < -0.39 is 35.0 Å². The molecule has 1 aromatic heterocycles. The van der Waals surface area contributed by atoms with Crippen LogP contribution in [-0.2, 0) is 0 Å². The number of alkyl halides is 6. The first-order chi connectivity index (χ1) is 14.4. The molecule has 31 heavy (non-hydrogen) atoms. The molecule has 0 aliphatic carbocycles. The number of benzene rings is 2. The molecular weight excluding hydrogens is 434 g/mol. The van der Waals surface area contributed by atoms with E-state index in [-0.39, 0.29) is 11.1 Å². The smallest absolute Gasteiger partial charge is 0.406 e. The average Bonchev–Trinajstić information content (AvgIpc) is 2.66. The average molecular weight is 444 g/mol. The summed E-state index contributed by atoms with van der Waals surface area (Å²) in [7, 11) is 0. The van der Waals surface area contributed by atoms with E-state index in [1.165, 1.54) is 30.3 Å². The van der Waals surface area contributed by atoms with Crippen molar-refractivity contribution in [3.63, 3.8) is 0 Å². The molecule has 0 saturated carbocycles. The second kappa shape index (κ2) is 8.13. The van der Waals surface area contributed by atoms with Crippen LogP contribution in [0.25, 0.3) is 22.3 Å². The number of hydrogen-bond acceptors (Lipinski definition) is 5. The zero-order chi connectivity index (χ0) is 22.8. The van der Waals surface area contributed by atoms with E-state index >= 15 is 0 Å². The molecule has 0 aliphatic rings. The van der Waals surface area contributed by atoms with Gasteiger partial charge in [0.25, 0.3) is 0 Å². The van der Waals surface area contributed by atoms with Gasteiger partial charge in [0.15, 0.2) is 0 Å². The Bertz CT molecular complexity index is 1080. The number of aromatic nitrogens is 1. The summed E-state index contributed by atoms with van der Waals surface area (Å²) >= 11 is 0. The van der Waals surface area contributed by atoms with Gasteiger partial charge in [0.1, 0.15) is 17.7 Å². The molecule has 0 N–H and O–H groups in total. The Morgan fingerprint density at radius 3 is 1.61 bits per heavy atom. The van der Waals surface area contributed by atoms with Gasteiger partial charge < -0.3 is 19.6 Å². The molecule has 162 valence electrons. The number of pyridine rings is 1. The molecule has 0 radical (unpaired) electrons. The highest BCUT2D eigenvalue weighted by Gasteiger charge is 2.32. The molecule has 0 bridgehead atoms. The minimum Gasteiger partial charge on any atom is -0.406 e. The van der Waals surface area contributed by atoms with Crippen molar-refractivity contribution in [2.45, 2.75) is 12.7 Å². The number of halogens is 6. The molecular formula is C19H10F6N2O4. The normalized spacial score (nSPS) is 11.8. The number of hydrogen-bond donors (Lipinski definition) is 0. The molecule has 0 unspecified atom stereocenters. The van der Waals surface area contributed by atoms with Gasteiger partial charge in [0, 0.05) is 5.56 Å². The third kappa shape index (κ3) is 5.84. The molecule has 3 rings (SSSR count). The highest BCUT2D eigenvalue weighted by atomic mass is 19.4. The molecule has 2 aromatic carbocycles. The number of ether oxygens (including phenoxy) is 2. The molecule has 1 heterocycles. The van der Waals surface area contributed by atoms with Crippen molar-refractivity contribution < 1.29 is 40.7 Å². The Kier molecular flexibility index (Phi) is 5.73. The van der Waals surface area contributed by atoms with Crippen LogP contribution in [0, 0.1) is 10.1 Å². The first-order valence-electron chi connectivity index (χ1n) is 8.28. The second-order valence-electron chi connectivity index (χ2n) is 6.00. The Labute approximate surface area is 169 Å². The number of nitrogens with zero attached hydrogens (tertiary/aromatic N) is 2. The van der Waals surface area contributed by atoms with E-state index in [0.717, 1.165) is 30.5 Å². The highest BCUT2D eigenvalue weighted by Crippen LogP contribution is 2.34. The largest absolute Gasteiger partial charge is 0.573 e. The minimum absolute atomic E-state index is 0.00308. The first kappa shape index (κ1) is 21.9. The molecule has 0 aliphatic heterocycles. The van der Waals surface area contributed by atoms with E-state index in [4.69, 9.17) is 0 Å². The predicted octanol–water partition coefficient (Wildman–Crippen LogP) is 6.12. The Morgan fingerprint density at radius 1 is 0.742 bits per heavy atom. The standard InChI is InChI=1S/C19H10F6N2O4/c20-18(21,22)30-14-5-1-11(2-6-14)13-9-16(17(26-10-13)27(28)29)12-3-7-15(8-4-12)31-19(23,24)25/h1-10H. The van der Waals surface area contributed by atoms with Gasteiger partial charge in [-0.3, -0.25) is 0 Å². The summed E-state index contributed by atoms with van der Waals surface area (Å²) in [5.74, 6) is -1.51. The van der Waals surface area contributed by atoms with Crippen molar-refractivity contribution >= 4 is 5.82 Å². The Balaban J connectivity index is 1.96. The third-order valence-electron chi connectivity index (χ3n) is 3.86. The zero-order valence-corrected chi connectivity index (χ0v) is 15.1. The summed E-state index contributed by atoms with van der Waals surface area (Å²) in [6, 6.07) is 10.4. The van der Waals surface area contributed by atoms with Crippen LogP contribution in [0.4, 0.5) is 32.2 Å². The summed E-state index contributed by atoms with van der Waals surface area (Å²) < 4.78 is 81.3. The van der Waals surface area contributed by atoms with Crippen molar-refractivity contribution in [3.8, 4) is 33.8 Å². The van der Waals surface area contributed by atoms with Crippen LogP contribution >= 0.6 is 0 Å². The molecule has 0 spiro atoms. The molecule has 0 amide bonds. The Morgan fingerprint density at radius 2 is 1.19 bits per heavy atom. The molecule has 0 atom stereocenters. The lowest BCUT2D eigenvalue weighted by molar-refractivity contribution is -0.388. The first-order valence-corrected chi connectivity index (χ1v) is 8.28. The maximum Gasteiger partial charge on any atom is 0.573 e. The van der Waals surface area contributed by atoms with Gasteiger partial charge in [0.05, 0.1) is 5.56 Å². The molecule has 12 heteroatoms. The monoisotopic (exact) mass is 444 g/mol. The number of rotatable bonds is 5. The maximum atomic E-state index is 12.3. The van der Waals surface area contributed by atoms with E-state index in [9.17, 15) is 36.5 Å². The SMILES string of the molecule is O=[N+]([O-])c1ncc(-c2ccc(OC(F)(F)F)cc2)cc1-c1ccc(OC(F)(F)F)cc1. The molecule has 0 saturated heterocycles. The van der Waals surface area contributed by atoms with Crippen molar-refractivity contribution in [2.24, 2.45) is 0 Å². The lowest BCUT2D eigenvalue weighted by atomic mass is 10.0. The fraction of sp³-hybridized carbons (Fsp3) is 0.105. The van der Waals surface area contributed by atoms with Crippen molar-refractivity contribution in [1.82, 2.24) is 4.98 Å². The van der Waals surface area contributed by atoms with E-state index in [1.807, 2.05) is 0 Å². The van der Waals surface area contributed by atoms with Crippen molar-refractivity contribution in [2.75, 3.05) is 0 Å². The van der Waals surface area contributed by atoms with Crippen LogP contribution in [0.1, 0.15) is 0 Å². The van der Waals surface area contributed by atoms with Gasteiger partial charge >= 0.3 is 18.5 Å². The van der Waals surface area contributed by atoms with Gasteiger partial charge in [-0.05, 0) is 51.4 Å². The zero-order valence-electron chi connectivity index (χ0n) is 15.1. The summed E-state index contributed by atoms with van der Waals surface area (Å²) in [5, 5.41) is 11.3. The van der Waals surface area contributed by atoms with E-state index in [1.54, 1.807) is 0 Å². The van der Waals surface area contributed by atoms with Crippen LogP contribution in [-0.4, -0.2) is 22.6 Å². The summed E-state index contributed by atoms with van der Waals surface area (Å²) in [4.78, 5) is 14.3. The van der Waals surface area contributed by atoms with Crippen LogP contribution in [0.5, 0.6) is 11.5 Å². The van der Waals surface area contributed by atoms with Gasteiger partial charge in [0.2, 0.25) is 0 Å². The molecule has 0 fully saturated rings. The van der Waals surface area contributed by atoms with E-state index in [2.05, 4.69) is 14.5 Å². The van der Waals surface area contributed by atoms with Gasteiger partial charge in [-0.15, -0.1) is 26.3 Å². The third-order valence-corrected chi connectivity index (χ3v) is 3.86. The highest BCUT2D eigenvalue weighted by molar-refractivity contribution is 5.77. The van der Waals surface area contributed by atoms with Gasteiger partial charge in [-0.25, -0.2) is 0 Å². The summed E-state index contributed by atoms with van der Waals surface area (Å²) in [6.45, 7) is 0. The molecule has 6 nitrogen and oxygen atoms in total. The van der Waals surface area contributed by atoms with Gasteiger partial charge in [-0.2, -0.15) is 0 Å². The Hall–Kier alpha value is -3.83. The molecule has 3 aromatic rings. The van der Waals surface area contributed by atoms with Crippen molar-refractivity contribution in [3.05, 3.63) is 70.9 Å². The fourth-order valence-corrected chi connectivity index (χ4v) is 2.66. The lowest BCUT2D eigenvalue weighted by Crippen LogP contribution is -2.16. The fourth-order valence-electron chi connectivity index (χ4n) is 2.66. The second-order valence-corrected chi connectivity index (χ2v) is 6.00. The van der Waals surface area contributed by atoms with Crippen molar-refractivity contribution in [1.29, 1.82) is 0 Å². The predicted molar refractivity (Wildman–Crippen MR) is 95.1 cm³/mol. The number of nitro groups is 1. The minimum atomic E-state index is -4.89. The lowest BCUT2D eigenvalue weighted by Gasteiger charge is -2.10. The summed E-state index contributed by atoms with van der Waals surface area (Å²) in [5.41, 5.74) is 0.897. The van der Waals surface area contributed by atoms with Crippen LogP contribution < -0.4 is 9.47 Å². The quantitative estimate of drug-likeness (QED) is 0.269. The van der Waals surface area contributed by atoms with Crippen LogP contribution in [0.15, 0.2) is 60.8 Å². The van der Waals surface area contributed by atoms with E-state index in [0.29, 0.717) is 11.1 Å². The van der Waals surface area contributed by atoms with Crippen LogP contribution in [0.3, 0.4) is 0 Å². The van der Waals surface area contributed by atoms with Crippen LogP contribution in [0.2, 0.25) is 0 Å². The van der Waals surface area contributed by atoms with Gasteiger partial charge in [-0.1, -0.05) is 24.3 Å². The topological polar surface area (TPSA) is 74.5 Å². The summed E-state index contributed by atoms with van der Waals surface area (Å²) in [6.07, 6.45) is -8.59. The maximum absolute atomic E-state index is 12.3.